The highest BCUT2D eigenvalue weighted by molar-refractivity contribution is 6.31. The molecule has 0 spiro atoms. The summed E-state index contributed by atoms with van der Waals surface area (Å²) in [5.41, 5.74) is 0. The van der Waals surface area contributed by atoms with Gasteiger partial charge in [-0.3, -0.25) is 4.79 Å². The number of ketones is 1. The Labute approximate surface area is 48.0 Å². The molecule has 42 valence electrons. The third kappa shape index (κ3) is 3.03. The van der Waals surface area contributed by atoms with Crippen LogP contribution in [0.4, 0.5) is 0 Å². The first-order chi connectivity index (χ1) is 3.81. The summed E-state index contributed by atoms with van der Waals surface area (Å²) >= 11 is 0. The molecule has 0 aliphatic rings. The van der Waals surface area contributed by atoms with Crippen LogP contribution < -0.4 is 0 Å². The smallest absolute Gasteiger partial charge is 0.196 e. The molecule has 0 heterocycles. The molecule has 0 radical (unpaired) electrons. The van der Waals surface area contributed by atoms with Crippen LogP contribution in [0.15, 0.2) is 24.8 Å². The minimum absolute atomic E-state index is 0.315. The van der Waals surface area contributed by atoms with Crippen LogP contribution in [0.5, 0.6) is 0 Å². The van der Waals surface area contributed by atoms with Crippen LogP contribution in [0.2, 0.25) is 0 Å². The van der Waals surface area contributed by atoms with Crippen LogP contribution >= 0.6 is 0 Å². The molecule has 2 nitrogen and oxygen atoms in total. The molecule has 0 unspecified atom stereocenters. The molecule has 0 aromatic rings. The summed E-state index contributed by atoms with van der Waals surface area (Å²) in [4.78, 5) is 10.2. The van der Waals surface area contributed by atoms with Crippen LogP contribution in [0.25, 0.3) is 0 Å². The molecule has 0 amide bonds. The zero-order valence-corrected chi connectivity index (χ0v) is 4.42. The van der Waals surface area contributed by atoms with Crippen molar-refractivity contribution in [2.75, 3.05) is 0 Å². The van der Waals surface area contributed by atoms with Crippen molar-refractivity contribution >= 4 is 12.0 Å². The van der Waals surface area contributed by atoms with Crippen molar-refractivity contribution in [3.63, 3.8) is 0 Å². The second-order valence-corrected chi connectivity index (χ2v) is 1.14. The van der Waals surface area contributed by atoms with Crippen LogP contribution in [-0.2, 0) is 4.79 Å². The largest absolute Gasteiger partial charge is 0.305 e. The zero-order valence-electron chi connectivity index (χ0n) is 4.42. The van der Waals surface area contributed by atoms with Gasteiger partial charge in [0.1, 0.15) is 0 Å². The number of allylic oxidation sites excluding steroid dienone is 3. The van der Waals surface area contributed by atoms with Gasteiger partial charge >= 0.3 is 0 Å². The molecule has 0 aromatic carbocycles. The number of carbonyl (C=O) groups is 1. The fraction of sp³-hybridized carbons (Fsp3) is 0. The molecule has 0 aromatic heterocycles. The van der Waals surface area contributed by atoms with E-state index in [-0.39, 0.29) is 5.78 Å². The first-order valence-electron chi connectivity index (χ1n) is 2.15. The molecule has 0 atom stereocenters. The minimum atomic E-state index is -0.315. The van der Waals surface area contributed by atoms with Crippen LogP contribution in [0.3, 0.4) is 0 Å². The topological polar surface area (TPSA) is 40.9 Å². The third-order valence-electron chi connectivity index (χ3n) is 0.539. The predicted octanol–water partition coefficient (Wildman–Crippen LogP) is 0.947. The van der Waals surface area contributed by atoms with Crippen LogP contribution in [0.1, 0.15) is 0 Å². The third-order valence-corrected chi connectivity index (χ3v) is 0.539. The van der Waals surface area contributed by atoms with Crippen molar-refractivity contribution in [2.45, 2.75) is 0 Å². The van der Waals surface area contributed by atoms with E-state index >= 15 is 0 Å². The van der Waals surface area contributed by atoms with Gasteiger partial charge in [0.15, 0.2) is 5.78 Å². The van der Waals surface area contributed by atoms with Crippen molar-refractivity contribution in [1.29, 1.82) is 5.41 Å². The Morgan fingerprint density at radius 1 is 1.62 bits per heavy atom. The molecule has 0 fully saturated rings. The number of nitrogens with one attached hydrogen (secondary N) is 1. The average Bonchev–Trinajstić information content (AvgIpc) is 1.83. The summed E-state index contributed by atoms with van der Waals surface area (Å²) < 4.78 is 0. The number of rotatable bonds is 3. The summed E-state index contributed by atoms with van der Waals surface area (Å²) in [5.74, 6) is -0.315. The lowest BCUT2D eigenvalue weighted by atomic mass is 10.4. The van der Waals surface area contributed by atoms with E-state index in [9.17, 15) is 4.79 Å². The lowest BCUT2D eigenvalue weighted by Gasteiger charge is -1.72. The maximum absolute atomic E-state index is 10.2. The lowest BCUT2D eigenvalue weighted by molar-refractivity contribution is -0.108. The van der Waals surface area contributed by atoms with Gasteiger partial charge in [0.2, 0.25) is 0 Å². The molecule has 0 rings (SSSR count). The normalized spacial score (nSPS) is 9.00. The maximum atomic E-state index is 10.2. The summed E-state index contributed by atoms with van der Waals surface area (Å²) in [5, 5.41) is 6.43. The highest BCUT2D eigenvalue weighted by Gasteiger charge is 1.81. The Balaban J connectivity index is 3.69. The molecule has 2 heteroatoms. The van der Waals surface area contributed by atoms with Gasteiger partial charge in [-0.25, -0.2) is 0 Å². The van der Waals surface area contributed by atoms with Gasteiger partial charge in [0.05, 0.1) is 6.21 Å². The van der Waals surface area contributed by atoms with Gasteiger partial charge in [-0.05, 0) is 6.08 Å². The van der Waals surface area contributed by atoms with E-state index in [4.69, 9.17) is 5.41 Å². The second kappa shape index (κ2) is 3.99. The van der Waals surface area contributed by atoms with Gasteiger partial charge in [-0.15, -0.1) is 0 Å². The van der Waals surface area contributed by atoms with Crippen LogP contribution in [0, 0.1) is 5.41 Å². The molecule has 0 saturated carbocycles. The molecule has 1 N–H and O–H groups in total. The quantitative estimate of drug-likeness (QED) is 0.327. The van der Waals surface area contributed by atoms with E-state index in [1.54, 1.807) is 0 Å². The molecule has 8 heavy (non-hydrogen) atoms. The fourth-order valence-corrected chi connectivity index (χ4v) is 0.211. The summed E-state index contributed by atoms with van der Waals surface area (Å²) in [6.45, 7) is 3.35. The Bertz CT molecular complexity index is 135. The van der Waals surface area contributed by atoms with Crippen molar-refractivity contribution in [3.05, 3.63) is 24.8 Å². The number of carbonyl (C=O) groups excluding carboxylic acids is 1. The molecule has 0 saturated heterocycles. The Kier molecular flexibility index (Phi) is 3.40. The zero-order chi connectivity index (χ0) is 6.41. The van der Waals surface area contributed by atoms with Gasteiger partial charge < -0.3 is 5.41 Å². The molecule has 0 aliphatic heterocycles. The van der Waals surface area contributed by atoms with Gasteiger partial charge in [-0.2, -0.15) is 0 Å². The van der Waals surface area contributed by atoms with E-state index < -0.39 is 0 Å². The molecule has 0 aliphatic carbocycles. The summed E-state index contributed by atoms with van der Waals surface area (Å²) in [6.07, 6.45) is 5.01. The van der Waals surface area contributed by atoms with E-state index in [1.165, 1.54) is 18.2 Å². The standard InChI is InChI=1S/C6H7NO/c1-2-3-4-6(8)5-7/h2-5,7H,1H2/b4-3+,7-5?. The Morgan fingerprint density at radius 3 is 2.62 bits per heavy atom. The van der Waals surface area contributed by atoms with Crippen molar-refractivity contribution < 1.29 is 4.79 Å². The summed E-state index contributed by atoms with van der Waals surface area (Å²) in [7, 11) is 0. The SMILES string of the molecule is C=C/C=C/C(=O)C=N. The van der Waals surface area contributed by atoms with Gasteiger partial charge in [-0.1, -0.05) is 18.7 Å². The number of hydrogen-bond donors (Lipinski definition) is 1. The summed E-state index contributed by atoms with van der Waals surface area (Å²) in [6, 6.07) is 0. The molecular weight excluding hydrogens is 102 g/mol. The maximum Gasteiger partial charge on any atom is 0.196 e. The first-order valence-corrected chi connectivity index (χ1v) is 2.15. The van der Waals surface area contributed by atoms with E-state index in [2.05, 4.69) is 6.58 Å². The van der Waals surface area contributed by atoms with Crippen molar-refractivity contribution in [2.24, 2.45) is 0 Å². The predicted molar refractivity (Wildman–Crippen MR) is 33.1 cm³/mol. The van der Waals surface area contributed by atoms with E-state index in [0.29, 0.717) is 0 Å². The fourth-order valence-electron chi connectivity index (χ4n) is 0.211. The molecule has 0 bridgehead atoms. The number of hydrogen-bond acceptors (Lipinski definition) is 2. The monoisotopic (exact) mass is 109 g/mol. The van der Waals surface area contributed by atoms with E-state index in [1.807, 2.05) is 0 Å². The lowest BCUT2D eigenvalue weighted by Crippen LogP contribution is -1.89. The van der Waals surface area contributed by atoms with E-state index in [0.717, 1.165) is 6.21 Å². The highest BCUT2D eigenvalue weighted by atomic mass is 16.1. The second-order valence-electron chi connectivity index (χ2n) is 1.14. The Hall–Kier alpha value is -1.18. The highest BCUT2D eigenvalue weighted by Crippen LogP contribution is 1.72. The molecular formula is C6H7NO. The Morgan fingerprint density at radius 2 is 2.25 bits per heavy atom. The van der Waals surface area contributed by atoms with Crippen LogP contribution in [-0.4, -0.2) is 12.0 Å². The average molecular weight is 109 g/mol. The van der Waals surface area contributed by atoms with Gasteiger partial charge in [0.25, 0.3) is 0 Å². The van der Waals surface area contributed by atoms with Gasteiger partial charge in [0, 0.05) is 0 Å². The first kappa shape index (κ1) is 6.82. The van der Waals surface area contributed by atoms with Crippen molar-refractivity contribution in [1.82, 2.24) is 0 Å². The van der Waals surface area contributed by atoms with Crippen molar-refractivity contribution in [3.8, 4) is 0 Å². The minimum Gasteiger partial charge on any atom is -0.305 e.